The zero-order valence-corrected chi connectivity index (χ0v) is 16.9. The van der Waals surface area contributed by atoms with Gasteiger partial charge in [0.1, 0.15) is 6.54 Å². The Kier molecular flexibility index (Phi) is 12.3. The third-order valence-electron chi connectivity index (χ3n) is 4.17. The molecule has 0 saturated carbocycles. The maximum absolute atomic E-state index is 11.7. The highest BCUT2D eigenvalue weighted by Gasteiger charge is 2.21. The van der Waals surface area contributed by atoms with Gasteiger partial charge in [-0.05, 0) is 19.3 Å². The summed E-state index contributed by atoms with van der Waals surface area (Å²) in [6.07, 6.45) is 7.43. The third-order valence-corrected chi connectivity index (χ3v) is 5.48. The van der Waals surface area contributed by atoms with Crippen LogP contribution >= 0.6 is 0 Å². The number of nitrogens with one attached hydrogen (secondary N) is 1. The Morgan fingerprint density at radius 3 is 2.20 bits per heavy atom. The Morgan fingerprint density at radius 1 is 1.04 bits per heavy atom. The summed E-state index contributed by atoms with van der Waals surface area (Å²) in [6, 6.07) is 0. The molecule has 0 saturated heterocycles. The lowest BCUT2D eigenvalue weighted by molar-refractivity contribution is -1.07. The zero-order valence-electron chi connectivity index (χ0n) is 16.0. The van der Waals surface area contributed by atoms with Crippen molar-refractivity contribution in [3.63, 3.8) is 0 Å². The van der Waals surface area contributed by atoms with Crippen molar-refractivity contribution in [3.8, 4) is 0 Å². The molecule has 0 rings (SSSR count). The average Bonchev–Trinajstić information content (AvgIpc) is 2.47. The van der Waals surface area contributed by atoms with Gasteiger partial charge in [-0.2, -0.15) is 13.1 Å². The van der Waals surface area contributed by atoms with Crippen molar-refractivity contribution in [1.82, 2.24) is 5.32 Å². The highest BCUT2D eigenvalue weighted by atomic mass is 32.2. The maximum Gasteiger partial charge on any atom is 0.267 e. The number of amides is 1. The van der Waals surface area contributed by atoms with Gasteiger partial charge in [-0.3, -0.25) is 9.35 Å². The lowest BCUT2D eigenvalue weighted by atomic mass is 10.1. The fraction of sp³-hybridized carbons (Fsp3) is 0.941. The molecule has 0 radical (unpaired) electrons. The zero-order chi connectivity index (χ0) is 19.3. The number of nitrogens with zero attached hydrogens (tertiary/aromatic N) is 1. The second-order valence-electron chi connectivity index (χ2n) is 7.28. The highest BCUT2D eigenvalue weighted by Crippen LogP contribution is 2.16. The minimum Gasteiger partial charge on any atom is -0.356 e. The molecule has 1 unspecified atom stereocenters. The number of hydrogen-bond donors (Lipinski definition) is 3. The van der Waals surface area contributed by atoms with E-state index in [1.165, 1.54) is 0 Å². The van der Waals surface area contributed by atoms with Crippen LogP contribution in [0.2, 0.25) is 0 Å². The number of unbranched alkanes of at least 4 members (excludes halogenated alkanes) is 4. The predicted molar refractivity (Wildman–Crippen MR) is 99.0 cm³/mol. The minimum atomic E-state index is -3.93. The van der Waals surface area contributed by atoms with Gasteiger partial charge in [0.2, 0.25) is 5.91 Å². The number of hydroxylamine groups is 3. The van der Waals surface area contributed by atoms with Crippen LogP contribution in [-0.2, 0) is 14.9 Å². The summed E-state index contributed by atoms with van der Waals surface area (Å²) < 4.78 is 31.5. The van der Waals surface area contributed by atoms with E-state index in [2.05, 4.69) is 5.32 Å². The number of carbonyl (C=O) groups excluding carboxylic acids is 1. The summed E-state index contributed by atoms with van der Waals surface area (Å²) in [5.41, 5.74) is 0. The Morgan fingerprint density at radius 2 is 1.64 bits per heavy atom. The number of quaternary nitrogens is 1. The molecule has 0 heterocycles. The third kappa shape index (κ3) is 15.3. The Balaban J connectivity index is 3.61. The van der Waals surface area contributed by atoms with Crippen LogP contribution < -0.4 is 5.32 Å². The Hall–Kier alpha value is -0.700. The number of rotatable bonds is 15. The summed E-state index contributed by atoms with van der Waals surface area (Å²) in [5.74, 6) is 0.0395. The van der Waals surface area contributed by atoms with Crippen LogP contribution in [0.1, 0.15) is 71.1 Å². The van der Waals surface area contributed by atoms with E-state index in [0.29, 0.717) is 32.4 Å². The molecule has 0 spiro atoms. The van der Waals surface area contributed by atoms with Crippen LogP contribution in [0.4, 0.5) is 0 Å². The minimum absolute atomic E-state index is 0.0395. The van der Waals surface area contributed by atoms with Crippen molar-refractivity contribution in [3.05, 3.63) is 0 Å². The fourth-order valence-electron chi connectivity index (χ4n) is 2.73. The van der Waals surface area contributed by atoms with Crippen molar-refractivity contribution in [1.29, 1.82) is 0 Å². The lowest BCUT2D eigenvalue weighted by Crippen LogP contribution is -2.38. The quantitative estimate of drug-likeness (QED) is 0.175. The monoisotopic (exact) mass is 381 g/mol. The smallest absolute Gasteiger partial charge is 0.267 e. The van der Waals surface area contributed by atoms with Gasteiger partial charge in [0.15, 0.2) is 0 Å². The van der Waals surface area contributed by atoms with E-state index in [1.54, 1.807) is 14.1 Å². The summed E-state index contributed by atoms with van der Waals surface area (Å²) in [7, 11) is -0.533. The van der Waals surface area contributed by atoms with Gasteiger partial charge in [-0.25, -0.2) is 5.21 Å². The predicted octanol–water partition coefficient (Wildman–Crippen LogP) is 2.75. The highest BCUT2D eigenvalue weighted by molar-refractivity contribution is 7.86. The van der Waals surface area contributed by atoms with Gasteiger partial charge in [0, 0.05) is 19.4 Å². The van der Waals surface area contributed by atoms with Gasteiger partial charge in [0.25, 0.3) is 10.1 Å². The Bertz CT molecular complexity index is 460. The van der Waals surface area contributed by atoms with Crippen LogP contribution in [0, 0.1) is 0 Å². The van der Waals surface area contributed by atoms with Gasteiger partial charge < -0.3 is 5.32 Å². The van der Waals surface area contributed by atoms with E-state index in [1.807, 2.05) is 6.92 Å². The first kappa shape index (κ1) is 24.3. The van der Waals surface area contributed by atoms with E-state index >= 15 is 0 Å². The van der Waals surface area contributed by atoms with E-state index in [4.69, 9.17) is 4.55 Å². The molecule has 3 N–H and O–H groups in total. The number of carbonyl (C=O) groups is 1. The number of hydrogen-bond acceptors (Lipinski definition) is 4. The van der Waals surface area contributed by atoms with E-state index in [0.717, 1.165) is 44.9 Å². The second kappa shape index (κ2) is 12.6. The molecule has 0 aromatic carbocycles. The van der Waals surface area contributed by atoms with Gasteiger partial charge >= 0.3 is 0 Å². The first-order valence-corrected chi connectivity index (χ1v) is 10.9. The molecule has 1 atom stereocenters. The molecule has 8 heteroatoms. The van der Waals surface area contributed by atoms with E-state index < -0.39 is 15.4 Å². The van der Waals surface area contributed by atoms with Gasteiger partial charge in [0.05, 0.1) is 19.3 Å². The SMILES string of the molecule is CCCC(CCCCCCCC(=O)NCCC[N+](C)(C)O)S(=O)(=O)O. The molecule has 7 nitrogen and oxygen atoms in total. The van der Waals surface area contributed by atoms with Gasteiger partial charge in [-0.15, -0.1) is 0 Å². The molecule has 0 aliphatic carbocycles. The fourth-order valence-corrected chi connectivity index (χ4v) is 3.73. The van der Waals surface area contributed by atoms with E-state index in [9.17, 15) is 18.4 Å². The van der Waals surface area contributed by atoms with Crippen molar-refractivity contribution in [2.75, 3.05) is 27.2 Å². The topological polar surface area (TPSA) is 104 Å². The van der Waals surface area contributed by atoms with Crippen LogP contribution in [-0.4, -0.2) is 61.2 Å². The first-order valence-electron chi connectivity index (χ1n) is 9.35. The molecule has 0 aliphatic rings. The summed E-state index contributed by atoms with van der Waals surface area (Å²) in [5, 5.41) is 11.7. The standard InChI is InChI=1S/C17H36N2O5S/c1-4-11-16(25(22,23)24)12-8-6-5-7-9-13-17(20)18-14-10-15-19(2,3)21/h16,21H,4-15H2,1-3H3,(H-,18,20,22,23,24)/p+1. The molecule has 0 aromatic rings. The molecule has 0 fully saturated rings. The first-order chi connectivity index (χ1) is 11.6. The van der Waals surface area contributed by atoms with E-state index in [-0.39, 0.29) is 10.6 Å². The summed E-state index contributed by atoms with van der Waals surface area (Å²) in [4.78, 5) is 11.7. The van der Waals surface area contributed by atoms with Crippen LogP contribution in [0.5, 0.6) is 0 Å². The molecular weight excluding hydrogens is 344 g/mol. The molecule has 25 heavy (non-hydrogen) atoms. The normalized spacial score (nSPS) is 13.6. The van der Waals surface area contributed by atoms with Crippen molar-refractivity contribution in [2.24, 2.45) is 0 Å². The Labute approximate surface area is 153 Å². The maximum atomic E-state index is 11.7. The molecule has 150 valence electrons. The largest absolute Gasteiger partial charge is 0.356 e. The average molecular weight is 382 g/mol. The summed E-state index contributed by atoms with van der Waals surface area (Å²) >= 11 is 0. The van der Waals surface area contributed by atoms with Crippen molar-refractivity contribution < 1.29 is 27.6 Å². The van der Waals surface area contributed by atoms with Crippen molar-refractivity contribution in [2.45, 2.75) is 76.4 Å². The molecule has 0 aromatic heterocycles. The van der Waals surface area contributed by atoms with Crippen LogP contribution in [0.15, 0.2) is 0 Å². The van der Waals surface area contributed by atoms with Crippen LogP contribution in [0.3, 0.4) is 0 Å². The second-order valence-corrected chi connectivity index (χ2v) is 8.98. The van der Waals surface area contributed by atoms with Gasteiger partial charge in [-0.1, -0.05) is 39.0 Å². The van der Waals surface area contributed by atoms with Crippen molar-refractivity contribution >= 4 is 16.0 Å². The molecule has 0 bridgehead atoms. The molecular formula is C17H37N2O5S+. The molecule has 0 aliphatic heterocycles. The summed E-state index contributed by atoms with van der Waals surface area (Å²) in [6.45, 7) is 3.09. The van der Waals surface area contributed by atoms with Crippen LogP contribution in [0.25, 0.3) is 0 Å². The lowest BCUT2D eigenvalue weighted by Gasteiger charge is -2.19. The molecule has 1 amide bonds.